The summed E-state index contributed by atoms with van der Waals surface area (Å²) >= 11 is 0. The molecule has 0 aliphatic carbocycles. The molecule has 1 aromatic heterocycles. The summed E-state index contributed by atoms with van der Waals surface area (Å²) in [4.78, 5) is 36.4. The van der Waals surface area contributed by atoms with Gasteiger partial charge < -0.3 is 20.7 Å². The van der Waals surface area contributed by atoms with Crippen molar-refractivity contribution in [2.24, 2.45) is 5.92 Å². The molecule has 2 heterocycles. The van der Waals surface area contributed by atoms with Gasteiger partial charge in [0.15, 0.2) is 0 Å². The fourth-order valence-corrected chi connectivity index (χ4v) is 1.88. The lowest BCUT2D eigenvalue weighted by Gasteiger charge is -2.08. The standard InChI is InChI=1S/C11H13N3O4/c1-5-2-7(9(13-5)11(17)18)14-10(16)6-3-8(15)12-4-6/h2,6,13H,3-4H2,1H3,(H,12,15)(H,14,16)(H,17,18). The number of aryl methyl sites for hydroxylation is 1. The average molecular weight is 251 g/mol. The Bertz CT molecular complexity index is 520. The van der Waals surface area contributed by atoms with Crippen LogP contribution in [-0.4, -0.2) is 34.4 Å². The van der Waals surface area contributed by atoms with Crippen LogP contribution in [0.3, 0.4) is 0 Å². The van der Waals surface area contributed by atoms with Gasteiger partial charge in [-0.05, 0) is 13.0 Å². The first-order valence-electron chi connectivity index (χ1n) is 5.48. The minimum Gasteiger partial charge on any atom is -0.477 e. The number of rotatable bonds is 3. The summed E-state index contributed by atoms with van der Waals surface area (Å²) < 4.78 is 0. The number of nitrogens with one attached hydrogen (secondary N) is 3. The van der Waals surface area contributed by atoms with Gasteiger partial charge in [-0.25, -0.2) is 4.79 Å². The number of carbonyl (C=O) groups is 3. The topological polar surface area (TPSA) is 111 Å². The molecule has 1 aliphatic rings. The van der Waals surface area contributed by atoms with Crippen molar-refractivity contribution in [3.63, 3.8) is 0 Å². The molecule has 1 fully saturated rings. The van der Waals surface area contributed by atoms with Crippen LogP contribution in [0.4, 0.5) is 5.69 Å². The van der Waals surface area contributed by atoms with Crippen LogP contribution in [0.25, 0.3) is 0 Å². The zero-order valence-electron chi connectivity index (χ0n) is 9.74. The first-order chi connectivity index (χ1) is 8.47. The lowest BCUT2D eigenvalue weighted by atomic mass is 10.1. The van der Waals surface area contributed by atoms with Crippen LogP contribution >= 0.6 is 0 Å². The van der Waals surface area contributed by atoms with E-state index in [4.69, 9.17) is 5.11 Å². The number of carboxylic acid groups (broad SMARTS) is 1. The van der Waals surface area contributed by atoms with Crippen molar-refractivity contribution in [3.05, 3.63) is 17.5 Å². The monoisotopic (exact) mass is 251 g/mol. The molecule has 0 aromatic carbocycles. The van der Waals surface area contributed by atoms with Crippen molar-refractivity contribution in [2.75, 3.05) is 11.9 Å². The number of amides is 2. The molecule has 0 saturated carbocycles. The zero-order chi connectivity index (χ0) is 13.3. The molecule has 0 spiro atoms. The highest BCUT2D eigenvalue weighted by molar-refractivity contribution is 6.02. The fraction of sp³-hybridized carbons (Fsp3) is 0.364. The van der Waals surface area contributed by atoms with Gasteiger partial charge in [-0.15, -0.1) is 0 Å². The third kappa shape index (κ3) is 2.34. The molecule has 18 heavy (non-hydrogen) atoms. The number of anilines is 1. The van der Waals surface area contributed by atoms with Gasteiger partial charge in [0.05, 0.1) is 11.6 Å². The third-order valence-corrected chi connectivity index (χ3v) is 2.77. The molecular formula is C11H13N3O4. The second-order valence-electron chi connectivity index (χ2n) is 4.24. The summed E-state index contributed by atoms with van der Waals surface area (Å²) in [6, 6.07) is 1.55. The number of hydrogen-bond donors (Lipinski definition) is 4. The van der Waals surface area contributed by atoms with Crippen LogP contribution in [0.5, 0.6) is 0 Å². The van der Waals surface area contributed by atoms with Crippen LogP contribution in [0.2, 0.25) is 0 Å². The smallest absolute Gasteiger partial charge is 0.354 e. The van der Waals surface area contributed by atoms with E-state index in [1.54, 1.807) is 13.0 Å². The van der Waals surface area contributed by atoms with Gasteiger partial charge >= 0.3 is 5.97 Å². The van der Waals surface area contributed by atoms with Crippen molar-refractivity contribution in [2.45, 2.75) is 13.3 Å². The zero-order valence-corrected chi connectivity index (χ0v) is 9.74. The van der Waals surface area contributed by atoms with Crippen molar-refractivity contribution < 1.29 is 19.5 Å². The maximum Gasteiger partial charge on any atom is 0.354 e. The van der Waals surface area contributed by atoms with E-state index in [1.165, 1.54) is 0 Å². The molecule has 0 bridgehead atoms. The normalized spacial score (nSPS) is 18.5. The minimum absolute atomic E-state index is 0.0573. The number of carboxylic acids is 1. The Labute approximate surface area is 103 Å². The maximum atomic E-state index is 11.8. The molecule has 1 aromatic rings. The van der Waals surface area contributed by atoms with E-state index in [0.29, 0.717) is 5.69 Å². The first kappa shape index (κ1) is 12.2. The molecule has 4 N–H and O–H groups in total. The highest BCUT2D eigenvalue weighted by Gasteiger charge is 2.29. The second kappa shape index (κ2) is 4.52. The van der Waals surface area contributed by atoms with Crippen molar-refractivity contribution in [1.29, 1.82) is 0 Å². The van der Waals surface area contributed by atoms with Gasteiger partial charge in [-0.1, -0.05) is 0 Å². The Kier molecular flexibility index (Phi) is 3.05. The Morgan fingerprint density at radius 3 is 2.78 bits per heavy atom. The number of aromatic carboxylic acids is 1. The summed E-state index contributed by atoms with van der Waals surface area (Å²) in [7, 11) is 0. The number of carbonyl (C=O) groups excluding carboxylic acids is 2. The summed E-state index contributed by atoms with van der Waals surface area (Å²) in [5, 5.41) is 14.0. The molecule has 1 unspecified atom stereocenters. The van der Waals surface area contributed by atoms with Crippen LogP contribution in [0.1, 0.15) is 22.6 Å². The summed E-state index contributed by atoms with van der Waals surface area (Å²) in [6.07, 6.45) is 0.137. The lowest BCUT2D eigenvalue weighted by Crippen LogP contribution is -2.25. The summed E-state index contributed by atoms with van der Waals surface area (Å²) in [5.74, 6) is -2.11. The van der Waals surface area contributed by atoms with Crippen LogP contribution in [0, 0.1) is 12.8 Å². The Hall–Kier alpha value is -2.31. The Morgan fingerprint density at radius 2 is 2.22 bits per heavy atom. The summed E-state index contributed by atoms with van der Waals surface area (Å²) in [5.41, 5.74) is 0.811. The molecule has 7 nitrogen and oxygen atoms in total. The molecule has 1 atom stereocenters. The van der Waals surface area contributed by atoms with E-state index < -0.39 is 11.9 Å². The number of aromatic amines is 1. The van der Waals surface area contributed by atoms with E-state index in [2.05, 4.69) is 15.6 Å². The Morgan fingerprint density at radius 1 is 1.50 bits per heavy atom. The lowest BCUT2D eigenvalue weighted by molar-refractivity contribution is -0.123. The number of H-pyrrole nitrogens is 1. The molecular weight excluding hydrogens is 238 g/mol. The van der Waals surface area contributed by atoms with Crippen molar-refractivity contribution in [3.8, 4) is 0 Å². The highest BCUT2D eigenvalue weighted by atomic mass is 16.4. The molecule has 2 rings (SSSR count). The van der Waals surface area contributed by atoms with Crippen LogP contribution in [0.15, 0.2) is 6.07 Å². The molecule has 0 radical (unpaired) electrons. The predicted molar refractivity (Wildman–Crippen MR) is 62.2 cm³/mol. The largest absolute Gasteiger partial charge is 0.477 e. The number of hydrogen-bond acceptors (Lipinski definition) is 3. The fourth-order valence-electron chi connectivity index (χ4n) is 1.88. The third-order valence-electron chi connectivity index (χ3n) is 2.77. The van der Waals surface area contributed by atoms with E-state index in [-0.39, 0.29) is 36.2 Å². The first-order valence-corrected chi connectivity index (χ1v) is 5.48. The quantitative estimate of drug-likeness (QED) is 0.610. The van der Waals surface area contributed by atoms with Gasteiger partial charge in [-0.2, -0.15) is 0 Å². The van der Waals surface area contributed by atoms with Gasteiger partial charge in [0.1, 0.15) is 5.69 Å². The molecule has 96 valence electrons. The SMILES string of the molecule is Cc1cc(NC(=O)C2CNC(=O)C2)c(C(=O)O)[nH]1. The number of aromatic nitrogens is 1. The average Bonchev–Trinajstić information content (AvgIpc) is 2.85. The van der Waals surface area contributed by atoms with Crippen molar-refractivity contribution >= 4 is 23.5 Å². The predicted octanol–water partition coefficient (Wildman–Crippen LogP) is 0.0959. The highest BCUT2D eigenvalue weighted by Crippen LogP contribution is 2.19. The van der Waals surface area contributed by atoms with E-state index >= 15 is 0 Å². The summed E-state index contributed by atoms with van der Waals surface area (Å²) in [6.45, 7) is 1.99. The van der Waals surface area contributed by atoms with Gasteiger partial charge in [0.25, 0.3) is 0 Å². The van der Waals surface area contributed by atoms with Crippen molar-refractivity contribution in [1.82, 2.24) is 10.3 Å². The van der Waals surface area contributed by atoms with Gasteiger partial charge in [0.2, 0.25) is 11.8 Å². The van der Waals surface area contributed by atoms with Gasteiger partial charge in [0, 0.05) is 18.7 Å². The molecule has 1 saturated heterocycles. The minimum atomic E-state index is -1.14. The molecule has 2 amide bonds. The van der Waals surface area contributed by atoms with E-state index in [1.807, 2.05) is 0 Å². The molecule has 1 aliphatic heterocycles. The van der Waals surface area contributed by atoms with Crippen LogP contribution < -0.4 is 10.6 Å². The van der Waals surface area contributed by atoms with E-state index in [0.717, 1.165) is 0 Å². The molecule has 7 heteroatoms. The second-order valence-corrected chi connectivity index (χ2v) is 4.24. The van der Waals surface area contributed by atoms with Crippen LogP contribution in [-0.2, 0) is 9.59 Å². The van der Waals surface area contributed by atoms with E-state index in [9.17, 15) is 14.4 Å². The maximum absolute atomic E-state index is 11.8. The van der Waals surface area contributed by atoms with Gasteiger partial charge in [-0.3, -0.25) is 9.59 Å². The Balaban J connectivity index is 2.11.